The molecule has 10 heteroatoms. The van der Waals surface area contributed by atoms with Gasteiger partial charge < -0.3 is 14.6 Å². The van der Waals surface area contributed by atoms with Crippen LogP contribution in [-0.2, 0) is 23.1 Å². The van der Waals surface area contributed by atoms with Gasteiger partial charge in [0.2, 0.25) is 5.95 Å². The summed E-state index contributed by atoms with van der Waals surface area (Å²) in [6.45, 7) is 4.54. The van der Waals surface area contributed by atoms with Crippen LogP contribution >= 0.6 is 0 Å². The predicted molar refractivity (Wildman–Crippen MR) is 158 cm³/mol. The fourth-order valence-electron chi connectivity index (χ4n) is 4.96. The monoisotopic (exact) mass is 571 g/mol. The van der Waals surface area contributed by atoms with Crippen LogP contribution in [0.2, 0.25) is 0 Å². The number of methoxy groups -OCH3 is 1. The fraction of sp³-hybridized carbons (Fsp3) is 0.312. The van der Waals surface area contributed by atoms with E-state index in [0.29, 0.717) is 30.2 Å². The minimum Gasteiger partial charge on any atom is -0.497 e. The van der Waals surface area contributed by atoms with Crippen molar-refractivity contribution in [3.8, 4) is 17.0 Å². The molecule has 9 nitrogen and oxygen atoms in total. The van der Waals surface area contributed by atoms with Crippen LogP contribution in [0.4, 0.5) is 16.2 Å². The van der Waals surface area contributed by atoms with Crippen LogP contribution in [0.3, 0.4) is 0 Å². The molecule has 0 unspecified atom stereocenters. The number of cyclic esters (lactones) is 1. The molecule has 2 atom stereocenters. The van der Waals surface area contributed by atoms with Crippen LogP contribution in [0.25, 0.3) is 17.3 Å². The second kappa shape index (κ2) is 12.5. The van der Waals surface area contributed by atoms with Gasteiger partial charge >= 0.3 is 5.97 Å². The molecule has 1 aliphatic heterocycles. The number of rotatable bonds is 9. The van der Waals surface area contributed by atoms with Gasteiger partial charge in [-0.05, 0) is 54.0 Å². The van der Waals surface area contributed by atoms with E-state index in [1.807, 2.05) is 62.2 Å². The third kappa shape index (κ3) is 6.49. The quantitative estimate of drug-likeness (QED) is 0.260. The molecule has 1 N–H and O–H groups in total. The molecular formula is C32H34FN5O4. The number of ether oxygens (including phenoxy) is 2. The zero-order valence-electron chi connectivity index (χ0n) is 24.1. The number of nitrogens with zero attached hydrogens (tertiary/aromatic N) is 5. The Kier molecular flexibility index (Phi) is 8.63. The van der Waals surface area contributed by atoms with Crippen LogP contribution < -0.4 is 9.64 Å². The summed E-state index contributed by atoms with van der Waals surface area (Å²) in [5.74, 6) is 1.19. The minimum absolute atomic E-state index is 0.0144. The van der Waals surface area contributed by atoms with Crippen LogP contribution in [-0.4, -0.2) is 50.1 Å². The summed E-state index contributed by atoms with van der Waals surface area (Å²) in [5, 5.41) is 14.5. The molecule has 0 amide bonds. The van der Waals surface area contributed by atoms with Crippen molar-refractivity contribution in [2.24, 2.45) is 7.05 Å². The number of carbonyl (C=O) groups excluding carboxylic acids is 1. The molecule has 2 aromatic heterocycles. The molecule has 2 aromatic carbocycles. The van der Waals surface area contributed by atoms with E-state index in [1.165, 1.54) is 12.1 Å². The van der Waals surface area contributed by atoms with Crippen molar-refractivity contribution in [3.63, 3.8) is 0 Å². The average molecular weight is 572 g/mol. The number of aryl methyl sites for hydroxylation is 1. The van der Waals surface area contributed by atoms with Crippen LogP contribution in [0.1, 0.15) is 49.4 Å². The Morgan fingerprint density at radius 1 is 1.14 bits per heavy atom. The zero-order valence-corrected chi connectivity index (χ0v) is 24.1. The summed E-state index contributed by atoms with van der Waals surface area (Å²) >= 11 is 0. The number of benzene rings is 2. The highest BCUT2D eigenvalue weighted by molar-refractivity contribution is 5.76. The van der Waals surface area contributed by atoms with Crippen molar-refractivity contribution in [1.29, 1.82) is 0 Å². The SMILES string of the molecule is COc1ccc(CN(c2nc(-c3ccc(F)cc3)c(/C=C/[C@@H]3C[C@@H](O)CC(=O)O3)c(C(C)C)n2)c2ccnn2C)cc1. The second-order valence-electron chi connectivity index (χ2n) is 10.6. The van der Waals surface area contributed by atoms with Crippen LogP contribution in [0, 0.1) is 5.82 Å². The first-order valence-corrected chi connectivity index (χ1v) is 13.8. The number of anilines is 2. The number of esters is 1. The minimum atomic E-state index is -0.758. The van der Waals surface area contributed by atoms with Gasteiger partial charge in [0.1, 0.15) is 23.5 Å². The number of aliphatic hydroxyl groups excluding tert-OH is 1. The molecule has 5 rings (SSSR count). The van der Waals surface area contributed by atoms with Crippen molar-refractivity contribution >= 4 is 23.8 Å². The van der Waals surface area contributed by atoms with E-state index in [2.05, 4.69) is 5.10 Å². The van der Waals surface area contributed by atoms with Gasteiger partial charge in [-0.25, -0.2) is 14.4 Å². The lowest BCUT2D eigenvalue weighted by Gasteiger charge is -2.26. The van der Waals surface area contributed by atoms with Crippen molar-refractivity contribution in [3.05, 3.63) is 89.5 Å². The van der Waals surface area contributed by atoms with Gasteiger partial charge in [0.05, 0.1) is 43.8 Å². The molecule has 1 saturated heterocycles. The molecule has 4 aromatic rings. The number of halogens is 1. The summed E-state index contributed by atoms with van der Waals surface area (Å²) in [6, 6.07) is 15.9. The lowest BCUT2D eigenvalue weighted by atomic mass is 9.97. The predicted octanol–water partition coefficient (Wildman–Crippen LogP) is 5.57. The van der Waals surface area contributed by atoms with Gasteiger partial charge in [0, 0.05) is 30.7 Å². The first-order valence-electron chi connectivity index (χ1n) is 13.8. The third-order valence-electron chi connectivity index (χ3n) is 7.11. The normalized spacial score (nSPS) is 17.1. The maximum Gasteiger partial charge on any atom is 0.309 e. The first kappa shape index (κ1) is 28.9. The number of hydrogen-bond donors (Lipinski definition) is 1. The maximum atomic E-state index is 14.0. The number of hydrogen-bond acceptors (Lipinski definition) is 8. The Morgan fingerprint density at radius 2 is 1.88 bits per heavy atom. The lowest BCUT2D eigenvalue weighted by Crippen LogP contribution is -2.31. The molecular weight excluding hydrogens is 537 g/mol. The molecule has 0 saturated carbocycles. The average Bonchev–Trinajstić information content (AvgIpc) is 3.40. The van der Waals surface area contributed by atoms with E-state index in [9.17, 15) is 14.3 Å². The number of aromatic nitrogens is 4. The van der Waals surface area contributed by atoms with Gasteiger partial charge in [-0.1, -0.05) is 32.1 Å². The Balaban J connectivity index is 1.65. The smallest absolute Gasteiger partial charge is 0.309 e. The Hall–Kier alpha value is -4.57. The molecule has 0 radical (unpaired) electrons. The van der Waals surface area contributed by atoms with Crippen molar-refractivity contribution < 1.29 is 23.8 Å². The van der Waals surface area contributed by atoms with Crippen molar-refractivity contribution in [2.75, 3.05) is 12.0 Å². The van der Waals surface area contributed by atoms with E-state index in [0.717, 1.165) is 28.4 Å². The molecule has 0 bridgehead atoms. The summed E-state index contributed by atoms with van der Waals surface area (Å²) in [5.41, 5.74) is 3.81. The van der Waals surface area contributed by atoms with E-state index in [-0.39, 0.29) is 18.2 Å². The van der Waals surface area contributed by atoms with Crippen molar-refractivity contribution in [1.82, 2.24) is 19.7 Å². The molecule has 1 fully saturated rings. The number of carbonyl (C=O) groups is 1. The van der Waals surface area contributed by atoms with Crippen molar-refractivity contribution in [2.45, 2.75) is 51.4 Å². The topological polar surface area (TPSA) is 103 Å². The van der Waals surface area contributed by atoms with Crippen LogP contribution in [0.15, 0.2) is 66.9 Å². The van der Waals surface area contributed by atoms with Gasteiger partial charge in [-0.2, -0.15) is 5.10 Å². The summed E-state index contributed by atoms with van der Waals surface area (Å²) < 4.78 is 26.5. The molecule has 3 heterocycles. The number of aliphatic hydroxyl groups is 1. The Morgan fingerprint density at radius 3 is 2.50 bits per heavy atom. The second-order valence-corrected chi connectivity index (χ2v) is 10.6. The molecule has 0 spiro atoms. The highest BCUT2D eigenvalue weighted by Gasteiger charge is 2.27. The fourth-order valence-corrected chi connectivity index (χ4v) is 4.96. The highest BCUT2D eigenvalue weighted by Crippen LogP contribution is 2.34. The standard InChI is InChI=1S/C32H34FN5O4/c1-20(2)30-27(14-13-26-17-24(39)18-29(40)42-26)31(22-7-9-23(33)10-8-22)36-32(35-30)38(28-15-16-34-37(28)3)19-21-5-11-25(41-4)12-6-21/h5-16,20,24,26,39H,17-19H2,1-4H3/b14-13+/t24-,26-/m1/s1. The Labute approximate surface area is 244 Å². The maximum absolute atomic E-state index is 14.0. The summed E-state index contributed by atoms with van der Waals surface area (Å²) in [7, 11) is 3.49. The van der Waals surface area contributed by atoms with E-state index >= 15 is 0 Å². The third-order valence-corrected chi connectivity index (χ3v) is 7.11. The lowest BCUT2D eigenvalue weighted by molar-refractivity contribution is -0.156. The summed E-state index contributed by atoms with van der Waals surface area (Å²) in [6.07, 6.45) is 4.27. The molecule has 218 valence electrons. The van der Waals surface area contributed by atoms with Gasteiger partial charge in [0.25, 0.3) is 0 Å². The van der Waals surface area contributed by atoms with Gasteiger partial charge in [-0.3, -0.25) is 14.4 Å². The highest BCUT2D eigenvalue weighted by atomic mass is 19.1. The molecule has 42 heavy (non-hydrogen) atoms. The van der Waals surface area contributed by atoms with Gasteiger partial charge in [-0.15, -0.1) is 0 Å². The molecule has 1 aliphatic rings. The Bertz CT molecular complexity index is 1570. The molecule has 0 aliphatic carbocycles. The summed E-state index contributed by atoms with van der Waals surface area (Å²) in [4.78, 5) is 24.0. The van der Waals surface area contributed by atoms with Gasteiger partial charge in [0.15, 0.2) is 0 Å². The largest absolute Gasteiger partial charge is 0.497 e. The first-order chi connectivity index (χ1) is 20.2. The van der Waals surface area contributed by atoms with E-state index < -0.39 is 18.2 Å². The van der Waals surface area contributed by atoms with E-state index in [1.54, 1.807) is 36.2 Å². The van der Waals surface area contributed by atoms with E-state index in [4.69, 9.17) is 19.4 Å². The van der Waals surface area contributed by atoms with Crippen LogP contribution in [0.5, 0.6) is 5.75 Å². The zero-order chi connectivity index (χ0) is 29.8.